The first-order valence-electron chi connectivity index (χ1n) is 7.76. The summed E-state index contributed by atoms with van der Waals surface area (Å²) in [5, 5.41) is 8.08. The lowest BCUT2D eigenvalue weighted by Gasteiger charge is -2.18. The number of anilines is 1. The molecule has 5 nitrogen and oxygen atoms in total. The normalized spacial score (nSPS) is 12.3. The summed E-state index contributed by atoms with van der Waals surface area (Å²) in [5.41, 5.74) is 2.18. The molecule has 0 aliphatic carbocycles. The summed E-state index contributed by atoms with van der Waals surface area (Å²) in [6, 6.07) is 2.13. The van der Waals surface area contributed by atoms with Gasteiger partial charge in [-0.1, -0.05) is 34.6 Å². The van der Waals surface area contributed by atoms with Crippen LogP contribution in [0.3, 0.4) is 0 Å². The second-order valence-electron chi connectivity index (χ2n) is 6.34. The van der Waals surface area contributed by atoms with Crippen LogP contribution in [0, 0.1) is 0 Å². The van der Waals surface area contributed by atoms with Crippen LogP contribution in [0.5, 0.6) is 0 Å². The Labute approximate surface area is 127 Å². The molecule has 0 aliphatic heterocycles. The molecular formula is C16H27N5. The summed E-state index contributed by atoms with van der Waals surface area (Å²) in [7, 11) is 0. The minimum Gasteiger partial charge on any atom is -0.367 e. The van der Waals surface area contributed by atoms with E-state index < -0.39 is 0 Å². The van der Waals surface area contributed by atoms with E-state index in [0.29, 0.717) is 0 Å². The van der Waals surface area contributed by atoms with Crippen LogP contribution in [-0.2, 0) is 5.41 Å². The zero-order valence-electron chi connectivity index (χ0n) is 13.8. The summed E-state index contributed by atoms with van der Waals surface area (Å²) >= 11 is 0. The van der Waals surface area contributed by atoms with Crippen molar-refractivity contribution in [1.82, 2.24) is 19.5 Å². The van der Waals surface area contributed by atoms with E-state index in [0.717, 1.165) is 43.2 Å². The van der Waals surface area contributed by atoms with Crippen molar-refractivity contribution in [3.63, 3.8) is 0 Å². The third kappa shape index (κ3) is 3.73. The number of nitrogens with one attached hydrogen (secondary N) is 1. The van der Waals surface area contributed by atoms with Crippen molar-refractivity contribution in [2.24, 2.45) is 0 Å². The van der Waals surface area contributed by atoms with Crippen LogP contribution in [0.15, 0.2) is 18.5 Å². The lowest BCUT2D eigenvalue weighted by molar-refractivity contribution is 0.316. The van der Waals surface area contributed by atoms with Gasteiger partial charge in [-0.05, 0) is 19.2 Å². The fourth-order valence-corrected chi connectivity index (χ4v) is 2.30. The van der Waals surface area contributed by atoms with Gasteiger partial charge in [-0.15, -0.1) is 0 Å². The molecule has 5 heteroatoms. The van der Waals surface area contributed by atoms with Gasteiger partial charge in [0.15, 0.2) is 5.82 Å². The van der Waals surface area contributed by atoms with Gasteiger partial charge in [0, 0.05) is 30.9 Å². The SMILES string of the molecule is CCN(CC)CCNc1nccn2nc(C(C)(C)C)cc12. The van der Waals surface area contributed by atoms with Crippen molar-refractivity contribution in [3.05, 3.63) is 24.2 Å². The van der Waals surface area contributed by atoms with Gasteiger partial charge in [0.2, 0.25) is 0 Å². The summed E-state index contributed by atoms with van der Waals surface area (Å²) in [6.45, 7) is 15.0. The molecule has 0 spiro atoms. The molecule has 0 atom stereocenters. The monoisotopic (exact) mass is 289 g/mol. The van der Waals surface area contributed by atoms with E-state index in [4.69, 9.17) is 0 Å². The molecule has 2 aromatic heterocycles. The fraction of sp³-hybridized carbons (Fsp3) is 0.625. The zero-order valence-corrected chi connectivity index (χ0v) is 13.8. The number of aromatic nitrogens is 3. The number of fused-ring (bicyclic) bond motifs is 1. The maximum absolute atomic E-state index is 4.65. The van der Waals surface area contributed by atoms with E-state index in [2.05, 4.69) is 61.0 Å². The van der Waals surface area contributed by atoms with Crippen LogP contribution < -0.4 is 5.32 Å². The average molecular weight is 289 g/mol. The Balaban J connectivity index is 2.15. The number of hydrogen-bond donors (Lipinski definition) is 1. The van der Waals surface area contributed by atoms with Gasteiger partial charge in [-0.2, -0.15) is 5.10 Å². The predicted octanol–water partition coefficient (Wildman–Crippen LogP) is 2.78. The third-order valence-corrected chi connectivity index (χ3v) is 3.77. The highest BCUT2D eigenvalue weighted by Crippen LogP contribution is 2.24. The van der Waals surface area contributed by atoms with E-state index in [-0.39, 0.29) is 5.41 Å². The Morgan fingerprint density at radius 3 is 2.57 bits per heavy atom. The lowest BCUT2D eigenvalue weighted by Crippen LogP contribution is -2.28. The summed E-state index contributed by atoms with van der Waals surface area (Å²) in [6.07, 6.45) is 3.70. The Morgan fingerprint density at radius 2 is 1.95 bits per heavy atom. The molecule has 0 bridgehead atoms. The van der Waals surface area contributed by atoms with Crippen molar-refractivity contribution in [3.8, 4) is 0 Å². The molecule has 2 rings (SSSR count). The molecule has 2 aromatic rings. The maximum atomic E-state index is 4.65. The molecule has 0 saturated heterocycles. The summed E-state index contributed by atoms with van der Waals surface area (Å²) in [5.74, 6) is 0.910. The minimum absolute atomic E-state index is 0.0461. The molecule has 2 heterocycles. The first kappa shape index (κ1) is 15.8. The van der Waals surface area contributed by atoms with Crippen LogP contribution in [0.25, 0.3) is 5.52 Å². The van der Waals surface area contributed by atoms with Crippen LogP contribution in [0.4, 0.5) is 5.82 Å². The van der Waals surface area contributed by atoms with Gasteiger partial charge < -0.3 is 10.2 Å². The van der Waals surface area contributed by atoms with Crippen molar-refractivity contribution in [1.29, 1.82) is 0 Å². The van der Waals surface area contributed by atoms with Gasteiger partial charge in [0.05, 0.1) is 5.69 Å². The molecule has 0 fully saturated rings. The van der Waals surface area contributed by atoms with Crippen molar-refractivity contribution >= 4 is 11.3 Å². The largest absolute Gasteiger partial charge is 0.367 e. The topological polar surface area (TPSA) is 45.5 Å². The predicted molar refractivity (Wildman–Crippen MR) is 88.0 cm³/mol. The van der Waals surface area contributed by atoms with E-state index in [1.54, 1.807) is 6.20 Å². The number of nitrogens with zero attached hydrogens (tertiary/aromatic N) is 4. The smallest absolute Gasteiger partial charge is 0.152 e. The van der Waals surface area contributed by atoms with E-state index in [1.165, 1.54) is 0 Å². The van der Waals surface area contributed by atoms with E-state index >= 15 is 0 Å². The minimum atomic E-state index is 0.0461. The van der Waals surface area contributed by atoms with Gasteiger partial charge in [-0.3, -0.25) is 0 Å². The molecular weight excluding hydrogens is 262 g/mol. The first-order chi connectivity index (χ1) is 9.95. The highest BCUT2D eigenvalue weighted by molar-refractivity contribution is 5.68. The number of likely N-dealkylation sites (N-methyl/N-ethyl adjacent to an activating group) is 1. The molecule has 0 aromatic carbocycles. The van der Waals surface area contributed by atoms with Crippen molar-refractivity contribution in [2.45, 2.75) is 40.0 Å². The maximum Gasteiger partial charge on any atom is 0.152 e. The highest BCUT2D eigenvalue weighted by Gasteiger charge is 2.18. The van der Waals surface area contributed by atoms with Gasteiger partial charge >= 0.3 is 0 Å². The van der Waals surface area contributed by atoms with Crippen molar-refractivity contribution < 1.29 is 0 Å². The number of hydrogen-bond acceptors (Lipinski definition) is 4. The molecule has 1 N–H and O–H groups in total. The second-order valence-corrected chi connectivity index (χ2v) is 6.34. The van der Waals surface area contributed by atoms with Crippen molar-refractivity contribution in [2.75, 3.05) is 31.5 Å². The molecule has 116 valence electrons. The fourth-order valence-electron chi connectivity index (χ4n) is 2.30. The van der Waals surface area contributed by atoms with Crippen LogP contribution in [0.2, 0.25) is 0 Å². The number of rotatable bonds is 6. The summed E-state index contributed by atoms with van der Waals surface area (Å²) in [4.78, 5) is 6.85. The summed E-state index contributed by atoms with van der Waals surface area (Å²) < 4.78 is 1.91. The van der Waals surface area contributed by atoms with Gasteiger partial charge in [0.1, 0.15) is 5.52 Å². The molecule has 0 saturated carbocycles. The molecule has 21 heavy (non-hydrogen) atoms. The van der Waals surface area contributed by atoms with E-state index in [9.17, 15) is 0 Å². The van der Waals surface area contributed by atoms with Crippen LogP contribution in [-0.4, -0.2) is 45.7 Å². The molecule has 0 radical (unpaired) electrons. The van der Waals surface area contributed by atoms with Crippen LogP contribution in [0.1, 0.15) is 40.3 Å². The Hall–Kier alpha value is -1.62. The highest BCUT2D eigenvalue weighted by atomic mass is 15.2. The Morgan fingerprint density at radius 1 is 1.24 bits per heavy atom. The average Bonchev–Trinajstić information content (AvgIpc) is 2.88. The molecule has 0 unspecified atom stereocenters. The molecule has 0 aliphatic rings. The first-order valence-corrected chi connectivity index (χ1v) is 7.76. The van der Waals surface area contributed by atoms with Gasteiger partial charge in [-0.25, -0.2) is 9.50 Å². The Bertz CT molecular complexity index is 578. The van der Waals surface area contributed by atoms with E-state index in [1.807, 2.05) is 10.7 Å². The zero-order chi connectivity index (χ0) is 15.5. The van der Waals surface area contributed by atoms with Gasteiger partial charge in [0.25, 0.3) is 0 Å². The van der Waals surface area contributed by atoms with Crippen LogP contribution >= 0.6 is 0 Å². The standard InChI is InChI=1S/C16H27N5/c1-6-20(7-2)10-8-17-15-13-12-14(16(3,4)5)19-21(13)11-9-18-15/h9,11-12H,6-8,10H2,1-5H3,(H,17,18). The second kappa shape index (κ2) is 6.43. The molecule has 0 amide bonds. The lowest BCUT2D eigenvalue weighted by atomic mass is 9.92. The Kier molecular flexibility index (Phi) is 4.83. The third-order valence-electron chi connectivity index (χ3n) is 3.77. The quantitative estimate of drug-likeness (QED) is 0.888.